The molecule has 1 atom stereocenters. The molecule has 0 saturated heterocycles. The summed E-state index contributed by atoms with van der Waals surface area (Å²) >= 11 is 0.868. The van der Waals surface area contributed by atoms with Crippen LogP contribution in [0.5, 0.6) is 0 Å². The van der Waals surface area contributed by atoms with Gasteiger partial charge in [0, 0.05) is 16.0 Å². The molecular weight excluding hydrogens is 350 g/mol. The van der Waals surface area contributed by atoms with Gasteiger partial charge in [0.25, 0.3) is 0 Å². The number of esters is 1. The Labute approximate surface area is 147 Å². The SMILES string of the molecule is COOSc1ccc(C2=C(c3ccc(F)cc3)C(=O)OC2C)c(F)c1. The lowest BCUT2D eigenvalue weighted by atomic mass is 9.93. The fourth-order valence-electron chi connectivity index (χ4n) is 2.67. The van der Waals surface area contributed by atoms with Gasteiger partial charge in [-0.2, -0.15) is 4.33 Å². The van der Waals surface area contributed by atoms with Gasteiger partial charge in [0.2, 0.25) is 0 Å². The van der Waals surface area contributed by atoms with Crippen molar-refractivity contribution in [3.05, 3.63) is 65.2 Å². The van der Waals surface area contributed by atoms with Crippen LogP contribution in [0.2, 0.25) is 0 Å². The Morgan fingerprint density at radius 1 is 1.12 bits per heavy atom. The molecule has 0 fully saturated rings. The zero-order valence-corrected chi connectivity index (χ0v) is 14.2. The molecule has 1 aliphatic rings. The molecule has 1 heterocycles. The number of cyclic esters (lactones) is 1. The van der Waals surface area contributed by atoms with Crippen molar-refractivity contribution >= 4 is 29.2 Å². The number of rotatable bonds is 5. The Morgan fingerprint density at radius 2 is 1.84 bits per heavy atom. The summed E-state index contributed by atoms with van der Waals surface area (Å²) in [4.78, 5) is 17.2. The molecule has 0 amide bonds. The minimum Gasteiger partial charge on any atom is -0.454 e. The van der Waals surface area contributed by atoms with Gasteiger partial charge in [-0.1, -0.05) is 18.2 Å². The van der Waals surface area contributed by atoms with Crippen LogP contribution in [0.3, 0.4) is 0 Å². The molecule has 0 bridgehead atoms. The standard InChI is InChI=1S/C18H14F2O4S/c1-10-16(14-8-7-13(9-15(14)20)25-24-22-2)17(18(21)23-10)11-3-5-12(19)6-4-11/h3-10H,1-2H3. The number of hydrogen-bond donors (Lipinski definition) is 0. The van der Waals surface area contributed by atoms with Crippen molar-refractivity contribution in [2.75, 3.05) is 7.11 Å². The number of carbonyl (C=O) groups excluding carboxylic acids is 1. The Bertz CT molecular complexity index is 833. The number of ether oxygens (including phenoxy) is 1. The molecule has 130 valence electrons. The average molecular weight is 364 g/mol. The summed E-state index contributed by atoms with van der Waals surface area (Å²) in [7, 11) is 1.35. The summed E-state index contributed by atoms with van der Waals surface area (Å²) in [5.74, 6) is -1.50. The number of carbonyl (C=O) groups is 1. The second kappa shape index (κ2) is 7.35. The van der Waals surface area contributed by atoms with Crippen molar-refractivity contribution in [3.63, 3.8) is 0 Å². The maximum atomic E-state index is 14.6. The van der Waals surface area contributed by atoms with Gasteiger partial charge in [0.05, 0.1) is 24.7 Å². The maximum Gasteiger partial charge on any atom is 0.339 e. The van der Waals surface area contributed by atoms with Crippen molar-refractivity contribution in [1.82, 2.24) is 0 Å². The number of benzene rings is 2. The van der Waals surface area contributed by atoms with Gasteiger partial charge >= 0.3 is 5.97 Å². The highest BCUT2D eigenvalue weighted by molar-refractivity contribution is 7.94. The van der Waals surface area contributed by atoms with Crippen LogP contribution in [0.4, 0.5) is 8.78 Å². The minimum absolute atomic E-state index is 0.236. The van der Waals surface area contributed by atoms with Crippen molar-refractivity contribution in [2.45, 2.75) is 17.9 Å². The van der Waals surface area contributed by atoms with Crippen LogP contribution < -0.4 is 0 Å². The van der Waals surface area contributed by atoms with E-state index in [0.29, 0.717) is 16.0 Å². The average Bonchev–Trinajstić information content (AvgIpc) is 2.88. The summed E-state index contributed by atoms with van der Waals surface area (Å²) in [6, 6.07) is 9.91. The monoisotopic (exact) mass is 364 g/mol. The highest BCUT2D eigenvalue weighted by Crippen LogP contribution is 2.39. The molecule has 7 heteroatoms. The summed E-state index contributed by atoms with van der Waals surface area (Å²) in [5.41, 5.74) is 1.39. The molecule has 0 saturated carbocycles. The third-order valence-corrected chi connectivity index (χ3v) is 4.38. The van der Waals surface area contributed by atoms with Crippen molar-refractivity contribution in [2.24, 2.45) is 0 Å². The molecule has 1 aliphatic heterocycles. The van der Waals surface area contributed by atoms with Crippen LogP contribution in [0.1, 0.15) is 18.1 Å². The van der Waals surface area contributed by atoms with E-state index in [1.165, 1.54) is 37.4 Å². The fourth-order valence-corrected chi connectivity index (χ4v) is 3.10. The molecule has 0 aromatic heterocycles. The Balaban J connectivity index is 2.08. The highest BCUT2D eigenvalue weighted by atomic mass is 32.2. The van der Waals surface area contributed by atoms with Crippen molar-refractivity contribution in [3.8, 4) is 0 Å². The summed E-state index contributed by atoms with van der Waals surface area (Å²) < 4.78 is 37.7. The summed E-state index contributed by atoms with van der Waals surface area (Å²) in [5, 5.41) is 0. The molecular formula is C18H14F2O4S. The van der Waals surface area contributed by atoms with Gasteiger partial charge in [0.15, 0.2) is 0 Å². The Morgan fingerprint density at radius 3 is 2.48 bits per heavy atom. The second-order valence-corrected chi connectivity index (χ2v) is 6.08. The number of halogens is 2. The van der Waals surface area contributed by atoms with E-state index in [4.69, 9.17) is 9.07 Å². The second-order valence-electron chi connectivity index (χ2n) is 5.30. The van der Waals surface area contributed by atoms with E-state index >= 15 is 0 Å². The van der Waals surface area contributed by atoms with E-state index < -0.39 is 23.7 Å². The largest absolute Gasteiger partial charge is 0.454 e. The Hall–Kier alpha value is -2.22. The van der Waals surface area contributed by atoms with Crippen LogP contribution in [0.15, 0.2) is 47.4 Å². The van der Waals surface area contributed by atoms with Gasteiger partial charge in [0.1, 0.15) is 17.7 Å². The zero-order valence-electron chi connectivity index (χ0n) is 13.4. The van der Waals surface area contributed by atoms with Crippen molar-refractivity contribution < 1.29 is 27.5 Å². The lowest BCUT2D eigenvalue weighted by Gasteiger charge is -2.11. The van der Waals surface area contributed by atoms with Crippen LogP contribution in [0, 0.1) is 11.6 Å². The van der Waals surface area contributed by atoms with Crippen LogP contribution >= 0.6 is 12.0 Å². The van der Waals surface area contributed by atoms with Gasteiger partial charge < -0.3 is 4.74 Å². The molecule has 4 nitrogen and oxygen atoms in total. The van der Waals surface area contributed by atoms with Crippen LogP contribution in [-0.2, 0) is 18.8 Å². The molecule has 1 unspecified atom stereocenters. The molecule has 3 rings (SSSR count). The fraction of sp³-hybridized carbons (Fsp3) is 0.167. The zero-order chi connectivity index (χ0) is 18.0. The lowest BCUT2D eigenvalue weighted by Crippen LogP contribution is -2.06. The summed E-state index contributed by atoms with van der Waals surface area (Å²) in [6.45, 7) is 1.67. The van der Waals surface area contributed by atoms with E-state index in [-0.39, 0.29) is 11.1 Å². The molecule has 25 heavy (non-hydrogen) atoms. The van der Waals surface area contributed by atoms with E-state index in [9.17, 15) is 13.6 Å². The maximum absolute atomic E-state index is 14.6. The predicted octanol–water partition coefficient (Wildman–Crippen LogP) is 4.41. The molecule has 0 aliphatic carbocycles. The normalized spacial score (nSPS) is 17.1. The lowest BCUT2D eigenvalue weighted by molar-refractivity contribution is -0.160. The van der Waals surface area contributed by atoms with Gasteiger partial charge in [-0.15, -0.1) is 0 Å². The number of hydrogen-bond acceptors (Lipinski definition) is 5. The third kappa shape index (κ3) is 3.58. The van der Waals surface area contributed by atoms with Gasteiger partial charge in [-0.3, -0.25) is 0 Å². The molecule has 0 radical (unpaired) electrons. The first-order valence-electron chi connectivity index (χ1n) is 7.39. The van der Waals surface area contributed by atoms with Crippen LogP contribution in [-0.4, -0.2) is 19.2 Å². The third-order valence-electron chi connectivity index (χ3n) is 3.73. The van der Waals surface area contributed by atoms with Gasteiger partial charge in [-0.05, 0) is 36.8 Å². The van der Waals surface area contributed by atoms with E-state index in [1.54, 1.807) is 19.1 Å². The molecule has 2 aromatic carbocycles. The van der Waals surface area contributed by atoms with Crippen molar-refractivity contribution in [1.29, 1.82) is 0 Å². The van der Waals surface area contributed by atoms with Crippen LogP contribution in [0.25, 0.3) is 11.1 Å². The predicted molar refractivity (Wildman–Crippen MR) is 89.1 cm³/mol. The van der Waals surface area contributed by atoms with Gasteiger partial charge in [-0.25, -0.2) is 18.5 Å². The smallest absolute Gasteiger partial charge is 0.339 e. The van der Waals surface area contributed by atoms with E-state index in [1.807, 2.05) is 0 Å². The minimum atomic E-state index is -0.615. The van der Waals surface area contributed by atoms with E-state index in [2.05, 4.69) is 4.89 Å². The molecule has 0 N–H and O–H groups in total. The molecule has 0 spiro atoms. The molecule has 2 aromatic rings. The quantitative estimate of drug-likeness (QED) is 0.340. The first-order chi connectivity index (χ1) is 12.0. The first kappa shape index (κ1) is 17.6. The topological polar surface area (TPSA) is 44.8 Å². The summed E-state index contributed by atoms with van der Waals surface area (Å²) in [6.07, 6.45) is -0.615. The highest BCUT2D eigenvalue weighted by Gasteiger charge is 2.34. The Kier molecular flexibility index (Phi) is 5.17. The van der Waals surface area contributed by atoms with E-state index in [0.717, 1.165) is 12.0 Å². The first-order valence-corrected chi connectivity index (χ1v) is 8.13.